The quantitative estimate of drug-likeness (QED) is 0.654. The molecule has 5 nitrogen and oxygen atoms in total. The lowest BCUT2D eigenvalue weighted by molar-refractivity contribution is -0.125. The number of carbonyl (C=O) groups is 1. The summed E-state index contributed by atoms with van der Waals surface area (Å²) in [5.41, 5.74) is 0.611. The number of nitrogens with zero attached hydrogens (tertiary/aromatic N) is 1. The number of oxime groups is 1. The molecule has 1 aromatic carbocycles. The summed E-state index contributed by atoms with van der Waals surface area (Å²) in [6.45, 7) is 0.106. The van der Waals surface area contributed by atoms with Crippen LogP contribution < -0.4 is 5.32 Å². The number of benzene rings is 1. The Kier molecular flexibility index (Phi) is 5.66. The molecule has 0 saturated heterocycles. The maximum atomic E-state index is 11.5. The van der Waals surface area contributed by atoms with Crippen LogP contribution in [0.25, 0.3) is 0 Å². The first kappa shape index (κ1) is 15.4. The molecular weight excluding hydrogens is 315 g/mol. The van der Waals surface area contributed by atoms with E-state index in [0.29, 0.717) is 27.9 Å². The van der Waals surface area contributed by atoms with Gasteiger partial charge >= 0.3 is 0 Å². The van der Waals surface area contributed by atoms with Crippen LogP contribution >= 0.6 is 23.2 Å². The number of amides is 1. The number of hydrogen-bond donors (Lipinski definition) is 1. The van der Waals surface area contributed by atoms with Gasteiger partial charge in [0, 0.05) is 5.56 Å². The summed E-state index contributed by atoms with van der Waals surface area (Å²) in [7, 11) is 0. The summed E-state index contributed by atoms with van der Waals surface area (Å²) in [6.07, 6.45) is 2.94. The van der Waals surface area contributed by atoms with E-state index >= 15 is 0 Å². The Bertz CT molecular complexity index is 627. The molecule has 0 aliphatic heterocycles. The third kappa shape index (κ3) is 4.81. The predicted octanol–water partition coefficient (Wildman–Crippen LogP) is 3.25. The fourth-order valence-corrected chi connectivity index (χ4v) is 1.82. The van der Waals surface area contributed by atoms with Gasteiger partial charge < -0.3 is 14.6 Å². The van der Waals surface area contributed by atoms with Gasteiger partial charge in [-0.05, 0) is 18.2 Å². The van der Waals surface area contributed by atoms with E-state index < -0.39 is 0 Å². The van der Waals surface area contributed by atoms with Gasteiger partial charge in [-0.15, -0.1) is 0 Å². The molecule has 0 aliphatic carbocycles. The van der Waals surface area contributed by atoms with Crippen LogP contribution in [-0.4, -0.2) is 18.7 Å². The van der Waals surface area contributed by atoms with Gasteiger partial charge in [0.2, 0.25) is 0 Å². The highest BCUT2D eigenvalue weighted by Crippen LogP contribution is 2.24. The molecule has 0 radical (unpaired) electrons. The number of furan rings is 1. The topological polar surface area (TPSA) is 63.8 Å². The van der Waals surface area contributed by atoms with Crippen molar-refractivity contribution >= 4 is 35.3 Å². The molecule has 0 unspecified atom stereocenters. The minimum Gasteiger partial charge on any atom is -0.467 e. The van der Waals surface area contributed by atoms with Crippen molar-refractivity contribution in [3.05, 3.63) is 58.0 Å². The molecule has 110 valence electrons. The van der Waals surface area contributed by atoms with Gasteiger partial charge in [0.15, 0.2) is 6.61 Å². The van der Waals surface area contributed by atoms with E-state index in [9.17, 15) is 4.79 Å². The van der Waals surface area contributed by atoms with Crippen LogP contribution in [0.15, 0.2) is 46.2 Å². The first-order valence-electron chi connectivity index (χ1n) is 6.05. The van der Waals surface area contributed by atoms with Crippen molar-refractivity contribution in [1.82, 2.24) is 5.32 Å². The van der Waals surface area contributed by atoms with Crippen LogP contribution in [0.1, 0.15) is 11.3 Å². The van der Waals surface area contributed by atoms with Crippen molar-refractivity contribution in [2.45, 2.75) is 6.54 Å². The fraction of sp³-hybridized carbons (Fsp3) is 0.143. The van der Waals surface area contributed by atoms with E-state index in [1.165, 1.54) is 12.5 Å². The largest absolute Gasteiger partial charge is 0.467 e. The molecule has 21 heavy (non-hydrogen) atoms. The van der Waals surface area contributed by atoms with Crippen molar-refractivity contribution in [1.29, 1.82) is 0 Å². The Morgan fingerprint density at radius 3 is 2.95 bits per heavy atom. The molecule has 0 bridgehead atoms. The molecule has 1 heterocycles. The van der Waals surface area contributed by atoms with Crippen molar-refractivity contribution < 1.29 is 14.0 Å². The van der Waals surface area contributed by atoms with Crippen molar-refractivity contribution in [3.8, 4) is 0 Å². The predicted molar refractivity (Wildman–Crippen MR) is 80.6 cm³/mol. The van der Waals surface area contributed by atoms with Gasteiger partial charge in [0.25, 0.3) is 5.91 Å². The van der Waals surface area contributed by atoms with Gasteiger partial charge in [-0.3, -0.25) is 4.79 Å². The standard InChI is InChI=1S/C14H12Cl2N2O3/c15-12-5-1-3-10(14(12)16)7-18-21-9-13(19)17-8-11-4-2-6-20-11/h1-7H,8-9H2,(H,17,19)/b18-7-. The van der Waals surface area contributed by atoms with Crippen LogP contribution in [-0.2, 0) is 16.2 Å². The lowest BCUT2D eigenvalue weighted by Gasteiger charge is -2.02. The van der Waals surface area contributed by atoms with Gasteiger partial charge in [-0.25, -0.2) is 0 Å². The highest BCUT2D eigenvalue weighted by molar-refractivity contribution is 6.43. The molecule has 2 rings (SSSR count). The van der Waals surface area contributed by atoms with Gasteiger partial charge in [0.05, 0.1) is 29.1 Å². The van der Waals surface area contributed by atoms with E-state index in [-0.39, 0.29) is 12.5 Å². The smallest absolute Gasteiger partial charge is 0.261 e. The molecule has 2 aromatic rings. The van der Waals surface area contributed by atoms with Crippen LogP contribution in [0, 0.1) is 0 Å². The SMILES string of the molecule is O=C(CO/N=C\c1cccc(Cl)c1Cl)NCc1ccco1. The fourth-order valence-electron chi connectivity index (χ4n) is 1.46. The zero-order valence-corrected chi connectivity index (χ0v) is 12.4. The number of nitrogens with one attached hydrogen (secondary N) is 1. The van der Waals surface area contributed by atoms with E-state index in [1.807, 2.05) is 0 Å². The molecule has 1 amide bonds. The summed E-state index contributed by atoms with van der Waals surface area (Å²) in [4.78, 5) is 16.4. The molecule has 0 atom stereocenters. The molecule has 0 spiro atoms. The maximum absolute atomic E-state index is 11.5. The summed E-state index contributed by atoms with van der Waals surface area (Å²) in [6, 6.07) is 8.66. The Balaban J connectivity index is 1.74. The lowest BCUT2D eigenvalue weighted by Crippen LogP contribution is -2.26. The Labute approximate surface area is 131 Å². The number of hydrogen-bond acceptors (Lipinski definition) is 4. The summed E-state index contributed by atoms with van der Waals surface area (Å²) in [5, 5.41) is 7.11. The number of halogens is 2. The molecule has 7 heteroatoms. The van der Waals surface area contributed by atoms with Gasteiger partial charge in [-0.2, -0.15) is 0 Å². The molecule has 1 aromatic heterocycles. The minimum atomic E-state index is -0.305. The second-order valence-electron chi connectivity index (χ2n) is 4.01. The molecule has 0 fully saturated rings. The van der Waals surface area contributed by atoms with Crippen molar-refractivity contribution in [3.63, 3.8) is 0 Å². The highest BCUT2D eigenvalue weighted by atomic mass is 35.5. The first-order valence-corrected chi connectivity index (χ1v) is 6.81. The summed E-state index contributed by atoms with van der Waals surface area (Å²) < 4.78 is 5.08. The van der Waals surface area contributed by atoms with Crippen LogP contribution in [0.2, 0.25) is 10.0 Å². The Morgan fingerprint density at radius 1 is 1.33 bits per heavy atom. The third-order valence-corrected chi connectivity index (χ3v) is 3.32. The van der Waals surface area contributed by atoms with Gasteiger partial charge in [-0.1, -0.05) is 40.5 Å². The van der Waals surface area contributed by atoms with Crippen LogP contribution in [0.5, 0.6) is 0 Å². The van der Waals surface area contributed by atoms with Crippen molar-refractivity contribution in [2.24, 2.45) is 5.16 Å². The number of carbonyl (C=O) groups excluding carboxylic acids is 1. The van der Waals surface area contributed by atoms with E-state index in [4.69, 9.17) is 32.5 Å². The average molecular weight is 327 g/mol. The normalized spacial score (nSPS) is 10.8. The van der Waals surface area contributed by atoms with Crippen LogP contribution in [0.4, 0.5) is 0 Å². The average Bonchev–Trinajstić information content (AvgIpc) is 2.99. The van der Waals surface area contributed by atoms with E-state index in [2.05, 4.69) is 10.5 Å². The van der Waals surface area contributed by atoms with Crippen LogP contribution in [0.3, 0.4) is 0 Å². The third-order valence-electron chi connectivity index (χ3n) is 2.48. The molecule has 0 aliphatic rings. The van der Waals surface area contributed by atoms with E-state index in [1.54, 1.807) is 30.3 Å². The van der Waals surface area contributed by atoms with E-state index in [0.717, 1.165) is 0 Å². The molecular formula is C14H12Cl2N2O3. The highest BCUT2D eigenvalue weighted by Gasteiger charge is 2.04. The minimum absolute atomic E-state index is 0.199. The first-order chi connectivity index (χ1) is 10.2. The number of rotatable bonds is 6. The Morgan fingerprint density at radius 2 is 2.19 bits per heavy atom. The Hall–Kier alpha value is -1.98. The maximum Gasteiger partial charge on any atom is 0.261 e. The summed E-state index contributed by atoms with van der Waals surface area (Å²) >= 11 is 11.8. The zero-order valence-electron chi connectivity index (χ0n) is 10.9. The second kappa shape index (κ2) is 7.71. The molecule has 0 saturated carbocycles. The monoisotopic (exact) mass is 326 g/mol. The molecule has 1 N–H and O–H groups in total. The summed E-state index contributed by atoms with van der Waals surface area (Å²) in [5.74, 6) is 0.360. The zero-order chi connectivity index (χ0) is 15.1. The van der Waals surface area contributed by atoms with Crippen molar-refractivity contribution in [2.75, 3.05) is 6.61 Å². The second-order valence-corrected chi connectivity index (χ2v) is 4.79. The van der Waals surface area contributed by atoms with Gasteiger partial charge in [0.1, 0.15) is 5.76 Å². The lowest BCUT2D eigenvalue weighted by atomic mass is 10.2.